The Labute approximate surface area is 107 Å². The summed E-state index contributed by atoms with van der Waals surface area (Å²) >= 11 is 0. The average Bonchev–Trinajstić information content (AvgIpc) is 2.30. The van der Waals surface area contributed by atoms with Gasteiger partial charge in [0.2, 0.25) is 0 Å². The molecule has 2 saturated heterocycles. The van der Waals surface area contributed by atoms with Crippen LogP contribution in [0.1, 0.15) is 5.56 Å². The number of rotatable bonds is 2. The SMILES string of the molecule is CN1CCNC(C2(c3ccc(F)cc3)COC2)C1. The Hall–Kier alpha value is -0.970. The number of ether oxygens (including phenoxy) is 1. The number of nitrogens with one attached hydrogen (secondary N) is 1. The molecule has 1 atom stereocenters. The van der Waals surface area contributed by atoms with Crippen LogP contribution in [0, 0.1) is 5.82 Å². The Kier molecular flexibility index (Phi) is 3.09. The number of hydrogen-bond donors (Lipinski definition) is 1. The summed E-state index contributed by atoms with van der Waals surface area (Å²) in [6.45, 7) is 4.55. The highest BCUT2D eigenvalue weighted by atomic mass is 19.1. The Morgan fingerprint density at radius 3 is 2.61 bits per heavy atom. The van der Waals surface area contributed by atoms with Gasteiger partial charge in [-0.05, 0) is 24.7 Å². The first-order chi connectivity index (χ1) is 8.71. The summed E-state index contributed by atoms with van der Waals surface area (Å²) < 4.78 is 18.5. The van der Waals surface area contributed by atoms with E-state index in [1.165, 1.54) is 5.56 Å². The molecule has 1 N–H and O–H groups in total. The largest absolute Gasteiger partial charge is 0.379 e. The third-order valence-electron chi connectivity index (χ3n) is 4.18. The maximum Gasteiger partial charge on any atom is 0.123 e. The van der Waals surface area contributed by atoms with Gasteiger partial charge in [-0.2, -0.15) is 0 Å². The lowest BCUT2D eigenvalue weighted by atomic mass is 9.71. The van der Waals surface area contributed by atoms with Crippen molar-refractivity contribution in [1.82, 2.24) is 10.2 Å². The summed E-state index contributed by atoms with van der Waals surface area (Å²) in [6.07, 6.45) is 0. The first-order valence-electron chi connectivity index (χ1n) is 6.46. The summed E-state index contributed by atoms with van der Waals surface area (Å²) in [5.41, 5.74) is 1.20. The Balaban J connectivity index is 1.87. The molecule has 2 aliphatic heterocycles. The summed E-state index contributed by atoms with van der Waals surface area (Å²) in [7, 11) is 2.14. The van der Waals surface area contributed by atoms with Crippen molar-refractivity contribution < 1.29 is 9.13 Å². The van der Waals surface area contributed by atoms with Crippen molar-refractivity contribution in [3.63, 3.8) is 0 Å². The second-order valence-electron chi connectivity index (χ2n) is 5.42. The molecule has 0 bridgehead atoms. The highest BCUT2D eigenvalue weighted by molar-refractivity contribution is 5.31. The Morgan fingerprint density at radius 1 is 1.33 bits per heavy atom. The third kappa shape index (κ3) is 1.94. The van der Waals surface area contributed by atoms with Gasteiger partial charge in [0.05, 0.1) is 18.6 Å². The maximum atomic E-state index is 13.0. The lowest BCUT2D eigenvalue weighted by Gasteiger charge is -2.50. The predicted octanol–water partition coefficient (Wildman–Crippen LogP) is 0.997. The molecule has 1 aromatic carbocycles. The third-order valence-corrected chi connectivity index (χ3v) is 4.18. The molecular weight excluding hydrogens is 231 g/mol. The van der Waals surface area contributed by atoms with Crippen molar-refractivity contribution in [3.8, 4) is 0 Å². The van der Waals surface area contributed by atoms with Crippen LogP contribution in [0.4, 0.5) is 4.39 Å². The van der Waals surface area contributed by atoms with Gasteiger partial charge in [0, 0.05) is 25.7 Å². The van der Waals surface area contributed by atoms with E-state index in [0.29, 0.717) is 6.04 Å². The minimum Gasteiger partial charge on any atom is -0.379 e. The smallest absolute Gasteiger partial charge is 0.123 e. The molecule has 2 fully saturated rings. The standard InChI is InChI=1S/C14H19FN2O/c1-17-7-6-16-13(8-17)14(9-18-10-14)11-2-4-12(15)5-3-11/h2-5,13,16H,6-10H2,1H3. The van der Waals surface area contributed by atoms with Crippen molar-refractivity contribution in [1.29, 1.82) is 0 Å². The highest BCUT2D eigenvalue weighted by Crippen LogP contribution is 2.36. The van der Waals surface area contributed by atoms with Crippen LogP contribution in [-0.4, -0.2) is 50.8 Å². The van der Waals surface area contributed by atoms with Gasteiger partial charge >= 0.3 is 0 Å². The molecule has 0 spiro atoms. The van der Waals surface area contributed by atoms with Gasteiger partial charge in [-0.15, -0.1) is 0 Å². The topological polar surface area (TPSA) is 24.5 Å². The fraction of sp³-hybridized carbons (Fsp3) is 0.571. The van der Waals surface area contributed by atoms with Gasteiger partial charge in [-0.1, -0.05) is 12.1 Å². The number of piperazine rings is 1. The van der Waals surface area contributed by atoms with Crippen LogP contribution in [0.3, 0.4) is 0 Å². The van der Waals surface area contributed by atoms with Crippen molar-refractivity contribution in [2.75, 3.05) is 39.9 Å². The second-order valence-corrected chi connectivity index (χ2v) is 5.42. The number of benzene rings is 1. The van der Waals surface area contributed by atoms with Crippen molar-refractivity contribution >= 4 is 0 Å². The highest BCUT2D eigenvalue weighted by Gasteiger charge is 2.47. The first kappa shape index (κ1) is 12.1. The molecule has 98 valence electrons. The van der Waals surface area contributed by atoms with E-state index in [1.54, 1.807) is 12.1 Å². The normalized spacial score (nSPS) is 27.8. The summed E-state index contributed by atoms with van der Waals surface area (Å²) in [4.78, 5) is 2.34. The zero-order chi connectivity index (χ0) is 12.6. The number of hydrogen-bond acceptors (Lipinski definition) is 3. The van der Waals surface area contributed by atoms with E-state index >= 15 is 0 Å². The summed E-state index contributed by atoms with van der Waals surface area (Å²) in [5.74, 6) is -0.178. The fourth-order valence-electron chi connectivity index (χ4n) is 2.94. The second kappa shape index (κ2) is 4.61. The van der Waals surface area contributed by atoms with Crippen LogP contribution in [0.2, 0.25) is 0 Å². The lowest BCUT2D eigenvalue weighted by molar-refractivity contribution is -0.0865. The maximum absolute atomic E-state index is 13.0. The van der Waals surface area contributed by atoms with Crippen LogP contribution >= 0.6 is 0 Å². The molecule has 3 rings (SSSR count). The molecule has 0 aromatic heterocycles. The molecule has 0 amide bonds. The van der Waals surface area contributed by atoms with E-state index in [9.17, 15) is 4.39 Å². The zero-order valence-corrected chi connectivity index (χ0v) is 10.7. The van der Waals surface area contributed by atoms with Crippen LogP contribution in [0.25, 0.3) is 0 Å². The van der Waals surface area contributed by atoms with E-state index in [-0.39, 0.29) is 11.2 Å². The van der Waals surface area contributed by atoms with Gasteiger partial charge in [-0.3, -0.25) is 0 Å². The van der Waals surface area contributed by atoms with Crippen LogP contribution < -0.4 is 5.32 Å². The number of nitrogens with zero attached hydrogens (tertiary/aromatic N) is 1. The molecule has 1 unspecified atom stereocenters. The summed E-state index contributed by atoms with van der Waals surface area (Å²) in [5, 5.41) is 3.59. The van der Waals surface area contributed by atoms with Gasteiger partial charge in [0.25, 0.3) is 0 Å². The van der Waals surface area contributed by atoms with Crippen LogP contribution in [0.5, 0.6) is 0 Å². The molecule has 0 aliphatic carbocycles. The first-order valence-corrected chi connectivity index (χ1v) is 6.46. The zero-order valence-electron chi connectivity index (χ0n) is 10.7. The Morgan fingerprint density at radius 2 is 2.06 bits per heavy atom. The predicted molar refractivity (Wildman–Crippen MR) is 68.2 cm³/mol. The van der Waals surface area contributed by atoms with E-state index in [0.717, 1.165) is 32.8 Å². The number of halogens is 1. The van der Waals surface area contributed by atoms with Crippen molar-refractivity contribution in [3.05, 3.63) is 35.6 Å². The van der Waals surface area contributed by atoms with Crippen molar-refractivity contribution in [2.45, 2.75) is 11.5 Å². The molecule has 18 heavy (non-hydrogen) atoms. The monoisotopic (exact) mass is 250 g/mol. The summed E-state index contributed by atoms with van der Waals surface area (Å²) in [6, 6.07) is 7.27. The minimum atomic E-state index is -0.178. The van der Waals surface area contributed by atoms with Gasteiger partial charge in [0.15, 0.2) is 0 Å². The minimum absolute atomic E-state index is 0.0163. The van der Waals surface area contributed by atoms with E-state index in [4.69, 9.17) is 4.74 Å². The van der Waals surface area contributed by atoms with E-state index in [1.807, 2.05) is 12.1 Å². The molecule has 0 radical (unpaired) electrons. The van der Waals surface area contributed by atoms with E-state index < -0.39 is 0 Å². The lowest BCUT2D eigenvalue weighted by Crippen LogP contribution is -2.66. The van der Waals surface area contributed by atoms with Crippen LogP contribution in [0.15, 0.2) is 24.3 Å². The van der Waals surface area contributed by atoms with Crippen LogP contribution in [-0.2, 0) is 10.2 Å². The molecular formula is C14H19FN2O. The molecule has 0 saturated carbocycles. The molecule has 2 heterocycles. The average molecular weight is 250 g/mol. The van der Waals surface area contributed by atoms with Gasteiger partial charge in [-0.25, -0.2) is 4.39 Å². The fourth-order valence-corrected chi connectivity index (χ4v) is 2.94. The van der Waals surface area contributed by atoms with E-state index in [2.05, 4.69) is 17.3 Å². The Bertz CT molecular complexity index is 416. The molecule has 1 aromatic rings. The molecule has 4 heteroatoms. The number of likely N-dealkylation sites (N-methyl/N-ethyl adjacent to an activating group) is 1. The van der Waals surface area contributed by atoms with Gasteiger partial charge < -0.3 is 15.0 Å². The molecule has 2 aliphatic rings. The quantitative estimate of drug-likeness (QED) is 0.847. The van der Waals surface area contributed by atoms with Gasteiger partial charge in [0.1, 0.15) is 5.82 Å². The van der Waals surface area contributed by atoms with Crippen molar-refractivity contribution in [2.24, 2.45) is 0 Å². The molecule has 3 nitrogen and oxygen atoms in total.